The summed E-state index contributed by atoms with van der Waals surface area (Å²) in [5.41, 5.74) is 0.897. The number of hydrogen-bond donors (Lipinski definition) is 3. The zero-order valence-electron chi connectivity index (χ0n) is 16.5. The summed E-state index contributed by atoms with van der Waals surface area (Å²) in [6, 6.07) is 12.8. The van der Waals surface area contributed by atoms with E-state index in [-0.39, 0.29) is 40.7 Å². The van der Waals surface area contributed by atoms with E-state index < -0.39 is 15.8 Å². The molecule has 0 amide bonds. The monoisotopic (exact) mass is 536 g/mol. The molecule has 0 spiro atoms. The Morgan fingerprint density at radius 3 is 2.38 bits per heavy atom. The second kappa shape index (κ2) is 11.9. The fourth-order valence-electron chi connectivity index (χ4n) is 2.35. The maximum Gasteiger partial charge on any atom is 0.240 e. The number of nitrogens with one attached hydrogen (secondary N) is 3. The number of aliphatic imine (C=N–C) groups is 1. The van der Waals surface area contributed by atoms with Gasteiger partial charge in [0.05, 0.1) is 11.4 Å². The lowest BCUT2D eigenvalue weighted by molar-refractivity contribution is 0.214. The Morgan fingerprint density at radius 1 is 1.14 bits per heavy atom. The van der Waals surface area contributed by atoms with Crippen LogP contribution in [0.15, 0.2) is 58.4 Å². The van der Waals surface area contributed by atoms with Crippen LogP contribution in [0.5, 0.6) is 5.75 Å². The number of ether oxygens (including phenoxy) is 1. The van der Waals surface area contributed by atoms with Crippen LogP contribution in [0.1, 0.15) is 12.5 Å². The summed E-state index contributed by atoms with van der Waals surface area (Å²) in [6.07, 6.45) is -0.276. The molecule has 160 valence electrons. The Morgan fingerprint density at radius 2 is 1.79 bits per heavy atom. The molecule has 0 radical (unpaired) electrons. The molecule has 2 aromatic carbocycles. The lowest BCUT2D eigenvalue weighted by atomic mass is 10.2. The smallest absolute Gasteiger partial charge is 0.240 e. The van der Waals surface area contributed by atoms with Gasteiger partial charge in [0, 0.05) is 13.6 Å². The molecule has 0 bridgehead atoms. The molecule has 0 fully saturated rings. The largest absolute Gasteiger partial charge is 0.486 e. The normalized spacial score (nSPS) is 12.6. The quantitative estimate of drug-likeness (QED) is 0.274. The van der Waals surface area contributed by atoms with Crippen LogP contribution in [0.4, 0.5) is 4.39 Å². The van der Waals surface area contributed by atoms with Crippen LogP contribution >= 0.6 is 24.0 Å². The van der Waals surface area contributed by atoms with Crippen molar-refractivity contribution in [2.45, 2.75) is 24.5 Å². The minimum atomic E-state index is -3.45. The van der Waals surface area contributed by atoms with Crippen LogP contribution < -0.4 is 20.1 Å². The minimum Gasteiger partial charge on any atom is -0.486 e. The Balaban J connectivity index is 0.00000420. The third-order valence-corrected chi connectivity index (χ3v) is 5.34. The van der Waals surface area contributed by atoms with Gasteiger partial charge in [0.15, 0.2) is 17.5 Å². The molecule has 3 N–H and O–H groups in total. The average Bonchev–Trinajstić information content (AvgIpc) is 2.70. The van der Waals surface area contributed by atoms with Gasteiger partial charge in [-0.3, -0.25) is 4.99 Å². The van der Waals surface area contributed by atoms with Crippen molar-refractivity contribution < 1.29 is 17.5 Å². The number of sulfonamides is 1. The summed E-state index contributed by atoms with van der Waals surface area (Å²) in [4.78, 5) is 4.34. The molecule has 0 aliphatic heterocycles. The van der Waals surface area contributed by atoms with E-state index in [4.69, 9.17) is 4.74 Å². The lowest BCUT2D eigenvalue weighted by Crippen LogP contribution is -2.41. The summed E-state index contributed by atoms with van der Waals surface area (Å²) in [5, 5.41) is 6.24. The van der Waals surface area contributed by atoms with E-state index >= 15 is 0 Å². The van der Waals surface area contributed by atoms with Gasteiger partial charge in [-0.15, -0.1) is 24.0 Å². The van der Waals surface area contributed by atoms with E-state index in [1.807, 2.05) is 6.92 Å². The molecule has 0 saturated carbocycles. The molecule has 0 heterocycles. The summed E-state index contributed by atoms with van der Waals surface area (Å²) in [7, 11) is -0.434. The molecule has 2 rings (SSSR count). The van der Waals surface area contributed by atoms with E-state index in [0.29, 0.717) is 19.0 Å². The van der Waals surface area contributed by atoms with Gasteiger partial charge in [0.25, 0.3) is 0 Å². The molecule has 1 atom stereocenters. The van der Waals surface area contributed by atoms with Crippen molar-refractivity contribution >= 4 is 40.0 Å². The summed E-state index contributed by atoms with van der Waals surface area (Å²) < 4.78 is 44.9. The van der Waals surface area contributed by atoms with Gasteiger partial charge >= 0.3 is 0 Å². The standard InChI is InChI=1S/C19H25FN4O3S.HI/c1-14(27-18-7-5-4-6-17(18)20)12-23-19(21-2)24-13-15-8-10-16(11-9-15)28(25,26)22-3;/h4-11,14,22H,12-13H2,1-3H3,(H2,21,23,24);1H. The van der Waals surface area contributed by atoms with Gasteiger partial charge in [-0.1, -0.05) is 24.3 Å². The molecular weight excluding hydrogens is 510 g/mol. The van der Waals surface area contributed by atoms with Crippen molar-refractivity contribution in [1.29, 1.82) is 0 Å². The molecule has 1 unspecified atom stereocenters. The Bertz CT molecular complexity index is 908. The summed E-state index contributed by atoms with van der Waals surface area (Å²) in [6.45, 7) is 2.71. The van der Waals surface area contributed by atoms with Crippen molar-refractivity contribution in [2.75, 3.05) is 20.6 Å². The number of nitrogens with zero attached hydrogens (tertiary/aromatic N) is 1. The number of hydrogen-bond acceptors (Lipinski definition) is 4. The Labute approximate surface area is 188 Å². The van der Waals surface area contributed by atoms with Crippen LogP contribution in [0, 0.1) is 5.82 Å². The van der Waals surface area contributed by atoms with Crippen molar-refractivity contribution in [3.63, 3.8) is 0 Å². The van der Waals surface area contributed by atoms with Crippen LogP contribution in [-0.4, -0.2) is 41.1 Å². The van der Waals surface area contributed by atoms with Crippen LogP contribution in [0.25, 0.3) is 0 Å². The van der Waals surface area contributed by atoms with Crippen molar-refractivity contribution in [3.8, 4) is 5.75 Å². The zero-order chi connectivity index (χ0) is 20.6. The molecule has 0 saturated heterocycles. The number of benzene rings is 2. The van der Waals surface area contributed by atoms with E-state index in [9.17, 15) is 12.8 Å². The SMILES string of the molecule is CN=C(NCc1ccc(S(=O)(=O)NC)cc1)NCC(C)Oc1ccccc1F.I. The fraction of sp³-hybridized carbons (Fsp3) is 0.316. The maximum atomic E-state index is 13.6. The van der Waals surface area contributed by atoms with E-state index in [0.717, 1.165) is 5.56 Å². The molecule has 0 aliphatic rings. The van der Waals surface area contributed by atoms with Gasteiger partial charge < -0.3 is 15.4 Å². The van der Waals surface area contributed by atoms with Gasteiger partial charge in [0.1, 0.15) is 6.10 Å². The summed E-state index contributed by atoms with van der Waals surface area (Å²) >= 11 is 0. The summed E-state index contributed by atoms with van der Waals surface area (Å²) in [5.74, 6) is 0.354. The van der Waals surface area contributed by atoms with Gasteiger partial charge in [0.2, 0.25) is 10.0 Å². The highest BCUT2D eigenvalue weighted by Gasteiger charge is 2.11. The number of halogens is 2. The van der Waals surface area contributed by atoms with Crippen molar-refractivity contribution in [2.24, 2.45) is 4.99 Å². The first-order chi connectivity index (χ1) is 13.4. The van der Waals surface area contributed by atoms with E-state index in [1.54, 1.807) is 49.5 Å². The van der Waals surface area contributed by atoms with Crippen LogP contribution in [0.2, 0.25) is 0 Å². The molecule has 7 nitrogen and oxygen atoms in total. The van der Waals surface area contributed by atoms with Gasteiger partial charge in [-0.25, -0.2) is 17.5 Å². The van der Waals surface area contributed by atoms with Crippen molar-refractivity contribution in [3.05, 3.63) is 59.9 Å². The first-order valence-corrected chi connectivity index (χ1v) is 10.2. The third-order valence-electron chi connectivity index (χ3n) is 3.91. The predicted octanol–water partition coefficient (Wildman–Crippen LogP) is 2.48. The van der Waals surface area contributed by atoms with E-state index in [2.05, 4.69) is 20.3 Å². The first kappa shape index (κ1) is 25.1. The molecular formula is C19H26FIN4O3S. The van der Waals surface area contributed by atoms with Gasteiger partial charge in [-0.05, 0) is 43.8 Å². The van der Waals surface area contributed by atoms with Gasteiger partial charge in [-0.2, -0.15) is 0 Å². The maximum absolute atomic E-state index is 13.6. The van der Waals surface area contributed by atoms with Crippen LogP contribution in [0.3, 0.4) is 0 Å². The second-order valence-electron chi connectivity index (χ2n) is 6.02. The molecule has 0 aromatic heterocycles. The molecule has 2 aromatic rings. The number of rotatable bonds is 8. The Kier molecular flexibility index (Phi) is 10.3. The molecule has 29 heavy (non-hydrogen) atoms. The molecule has 0 aliphatic carbocycles. The fourth-order valence-corrected chi connectivity index (χ4v) is 3.08. The average molecular weight is 536 g/mol. The first-order valence-electron chi connectivity index (χ1n) is 8.74. The van der Waals surface area contributed by atoms with Crippen LogP contribution in [-0.2, 0) is 16.6 Å². The highest BCUT2D eigenvalue weighted by molar-refractivity contribution is 14.0. The third kappa shape index (κ3) is 7.78. The number of guanidine groups is 1. The minimum absolute atomic E-state index is 0. The highest BCUT2D eigenvalue weighted by atomic mass is 127. The zero-order valence-corrected chi connectivity index (χ0v) is 19.6. The molecule has 10 heteroatoms. The topological polar surface area (TPSA) is 91.8 Å². The second-order valence-corrected chi connectivity index (χ2v) is 7.90. The number of para-hydroxylation sites is 1. The predicted molar refractivity (Wildman–Crippen MR) is 123 cm³/mol. The van der Waals surface area contributed by atoms with Crippen molar-refractivity contribution in [1.82, 2.24) is 15.4 Å². The van der Waals surface area contributed by atoms with E-state index in [1.165, 1.54) is 13.1 Å². The highest BCUT2D eigenvalue weighted by Crippen LogP contribution is 2.16. The lowest BCUT2D eigenvalue weighted by Gasteiger charge is -2.18. The Hall–Kier alpha value is -1.92.